The highest BCUT2D eigenvalue weighted by atomic mass is 16.5. The summed E-state index contributed by atoms with van der Waals surface area (Å²) in [4.78, 5) is 0. The van der Waals surface area contributed by atoms with Gasteiger partial charge in [-0.1, -0.05) is 47.5 Å². The Morgan fingerprint density at radius 1 is 0.408 bits per heavy atom. The van der Waals surface area contributed by atoms with E-state index < -0.39 is 5.41 Å². The monoisotopic (exact) mass is 670 g/mol. The molecule has 0 aliphatic heterocycles. The molecular weight excluding hydrogens is 620 g/mol. The maximum Gasteiger partial charge on any atom is 0.123 e. The Hall–Kier alpha value is -4.08. The minimum absolute atomic E-state index is 0.424. The third kappa shape index (κ3) is 9.13. The van der Waals surface area contributed by atoms with Gasteiger partial charge in [0.05, 0.1) is 26.4 Å². The molecule has 4 aromatic carbocycles. The zero-order chi connectivity index (χ0) is 34.6. The normalized spacial score (nSPS) is 12.8. The Bertz CT molecular complexity index is 1490. The van der Waals surface area contributed by atoms with Gasteiger partial charge in [-0.05, 0) is 84.3 Å². The van der Waals surface area contributed by atoms with Crippen molar-refractivity contribution in [2.75, 3.05) is 81.3 Å². The summed E-state index contributed by atoms with van der Waals surface area (Å²) in [6.07, 6.45) is 1.41. The molecular formula is C41H50O8. The van der Waals surface area contributed by atoms with Crippen molar-refractivity contribution in [3.05, 3.63) is 106 Å². The zero-order valence-corrected chi connectivity index (χ0v) is 29.8. The van der Waals surface area contributed by atoms with Crippen LogP contribution in [0.5, 0.6) is 23.0 Å². The molecule has 262 valence electrons. The predicted octanol–water partition coefficient (Wildman–Crippen LogP) is 7.16. The van der Waals surface area contributed by atoms with E-state index in [0.29, 0.717) is 65.7 Å². The molecule has 1 aliphatic rings. The quantitative estimate of drug-likeness (QED) is 0.0918. The van der Waals surface area contributed by atoms with Crippen molar-refractivity contribution in [3.63, 3.8) is 0 Å². The summed E-state index contributed by atoms with van der Waals surface area (Å²) in [5.74, 6) is 2.97. The van der Waals surface area contributed by atoms with Crippen molar-refractivity contribution in [1.29, 1.82) is 0 Å². The van der Waals surface area contributed by atoms with Crippen LogP contribution >= 0.6 is 0 Å². The highest BCUT2D eigenvalue weighted by Crippen LogP contribution is 2.53. The third-order valence-corrected chi connectivity index (χ3v) is 8.79. The SMILES string of the molecule is COCCOc1cc(CC2(Cc3cc(OCCOC)cc(OCCOC)c3)c3cc(C)ccc3-c3ccc(C)cc32)cc(OCCOC)c1. The molecule has 0 radical (unpaired) electrons. The van der Waals surface area contributed by atoms with Crippen LogP contribution in [-0.2, 0) is 37.2 Å². The van der Waals surface area contributed by atoms with Crippen molar-refractivity contribution < 1.29 is 37.9 Å². The standard InChI is InChI=1S/C41H50O8/c1-29-7-9-37-38-10-8-30(2)20-40(38)41(39(37)19-29,27-31-21-33(46-15-11-42-3)25-34(22-31)47-16-12-43-4)28-32-23-35(48-17-13-44-5)26-36(24-32)49-18-14-45-6/h7-10,19-26H,11-18,27-28H2,1-6H3. The van der Waals surface area contributed by atoms with Crippen LogP contribution in [0.25, 0.3) is 11.1 Å². The number of ether oxygens (including phenoxy) is 8. The highest BCUT2D eigenvalue weighted by molar-refractivity contribution is 5.82. The minimum Gasteiger partial charge on any atom is -0.491 e. The van der Waals surface area contributed by atoms with Gasteiger partial charge in [0, 0.05) is 46.0 Å². The molecule has 8 heteroatoms. The highest BCUT2D eigenvalue weighted by Gasteiger charge is 2.44. The van der Waals surface area contributed by atoms with Gasteiger partial charge in [-0.3, -0.25) is 0 Å². The first-order valence-corrected chi connectivity index (χ1v) is 16.9. The van der Waals surface area contributed by atoms with E-state index in [1.54, 1.807) is 28.4 Å². The Kier molecular flexibility index (Phi) is 13.0. The molecule has 0 unspecified atom stereocenters. The summed E-state index contributed by atoms with van der Waals surface area (Å²) in [5.41, 5.74) is 9.33. The van der Waals surface area contributed by atoms with Crippen molar-refractivity contribution in [1.82, 2.24) is 0 Å². The van der Waals surface area contributed by atoms with E-state index in [9.17, 15) is 0 Å². The first kappa shape index (κ1) is 36.2. The summed E-state index contributed by atoms with van der Waals surface area (Å²) in [6.45, 7) is 8.05. The van der Waals surface area contributed by atoms with Gasteiger partial charge >= 0.3 is 0 Å². The Morgan fingerprint density at radius 2 is 0.735 bits per heavy atom. The zero-order valence-electron chi connectivity index (χ0n) is 29.8. The van der Waals surface area contributed by atoms with E-state index in [-0.39, 0.29) is 0 Å². The number of hydrogen-bond acceptors (Lipinski definition) is 8. The average Bonchev–Trinajstić information content (AvgIpc) is 3.32. The fourth-order valence-corrected chi connectivity index (χ4v) is 6.63. The van der Waals surface area contributed by atoms with Crippen LogP contribution in [0.2, 0.25) is 0 Å². The van der Waals surface area contributed by atoms with Crippen LogP contribution in [0.1, 0.15) is 33.4 Å². The van der Waals surface area contributed by atoms with Crippen LogP contribution in [0.15, 0.2) is 72.8 Å². The summed E-state index contributed by atoms with van der Waals surface area (Å²) < 4.78 is 45.7. The summed E-state index contributed by atoms with van der Waals surface area (Å²) in [6, 6.07) is 26.1. The number of methoxy groups -OCH3 is 4. The number of benzene rings is 4. The van der Waals surface area contributed by atoms with Crippen LogP contribution in [0.3, 0.4) is 0 Å². The van der Waals surface area contributed by atoms with E-state index in [1.807, 2.05) is 12.1 Å². The maximum atomic E-state index is 6.16. The Labute approximate surface area is 291 Å². The average molecular weight is 671 g/mol. The number of aryl methyl sites for hydroxylation is 2. The molecule has 8 nitrogen and oxygen atoms in total. The second-order valence-electron chi connectivity index (χ2n) is 12.5. The van der Waals surface area contributed by atoms with Gasteiger partial charge in [0.25, 0.3) is 0 Å². The molecule has 1 aliphatic carbocycles. The topological polar surface area (TPSA) is 73.8 Å². The second-order valence-corrected chi connectivity index (χ2v) is 12.5. The Morgan fingerprint density at radius 3 is 1.04 bits per heavy atom. The Balaban J connectivity index is 1.66. The van der Waals surface area contributed by atoms with Gasteiger partial charge in [0.1, 0.15) is 49.4 Å². The van der Waals surface area contributed by atoms with Gasteiger partial charge < -0.3 is 37.9 Å². The molecule has 0 fully saturated rings. The lowest BCUT2D eigenvalue weighted by Gasteiger charge is -2.34. The number of fused-ring (bicyclic) bond motifs is 3. The summed E-state index contributed by atoms with van der Waals surface area (Å²) in [5, 5.41) is 0. The molecule has 0 heterocycles. The first-order valence-electron chi connectivity index (χ1n) is 16.9. The number of rotatable bonds is 20. The summed E-state index contributed by atoms with van der Waals surface area (Å²) in [7, 11) is 6.70. The molecule has 5 rings (SSSR count). The third-order valence-electron chi connectivity index (χ3n) is 8.79. The van der Waals surface area contributed by atoms with Gasteiger partial charge in [-0.25, -0.2) is 0 Å². The lowest BCUT2D eigenvalue weighted by atomic mass is 9.69. The van der Waals surface area contributed by atoms with Gasteiger partial charge in [-0.15, -0.1) is 0 Å². The van der Waals surface area contributed by atoms with Crippen LogP contribution in [-0.4, -0.2) is 81.3 Å². The smallest absolute Gasteiger partial charge is 0.123 e. The van der Waals surface area contributed by atoms with Crippen LogP contribution < -0.4 is 18.9 Å². The van der Waals surface area contributed by atoms with E-state index in [1.165, 1.54) is 33.4 Å². The van der Waals surface area contributed by atoms with Crippen molar-refractivity contribution in [3.8, 4) is 34.1 Å². The number of hydrogen-bond donors (Lipinski definition) is 0. The summed E-state index contributed by atoms with van der Waals surface area (Å²) >= 11 is 0. The molecule has 0 saturated heterocycles. The van der Waals surface area contributed by atoms with Crippen molar-refractivity contribution in [2.45, 2.75) is 32.1 Å². The molecule has 0 atom stereocenters. The van der Waals surface area contributed by atoms with Crippen molar-refractivity contribution in [2.24, 2.45) is 0 Å². The van der Waals surface area contributed by atoms with E-state index in [2.05, 4.69) is 74.5 Å². The van der Waals surface area contributed by atoms with Crippen molar-refractivity contribution >= 4 is 0 Å². The van der Waals surface area contributed by atoms with Gasteiger partial charge in [-0.2, -0.15) is 0 Å². The molecule has 0 spiro atoms. The molecule has 0 bridgehead atoms. The molecule has 0 N–H and O–H groups in total. The fraction of sp³-hybridized carbons (Fsp3) is 0.415. The largest absolute Gasteiger partial charge is 0.491 e. The molecule has 4 aromatic rings. The fourth-order valence-electron chi connectivity index (χ4n) is 6.63. The minimum atomic E-state index is -0.424. The predicted molar refractivity (Wildman–Crippen MR) is 192 cm³/mol. The second kappa shape index (κ2) is 17.5. The van der Waals surface area contributed by atoms with E-state index in [0.717, 1.165) is 34.1 Å². The first-order chi connectivity index (χ1) is 23.9. The van der Waals surface area contributed by atoms with Gasteiger partial charge in [0.15, 0.2) is 0 Å². The van der Waals surface area contributed by atoms with E-state index in [4.69, 9.17) is 37.9 Å². The molecule has 0 saturated carbocycles. The van der Waals surface area contributed by atoms with E-state index >= 15 is 0 Å². The lowest BCUT2D eigenvalue weighted by molar-refractivity contribution is 0.142. The molecule has 49 heavy (non-hydrogen) atoms. The molecule has 0 aromatic heterocycles. The maximum absolute atomic E-state index is 6.16. The van der Waals surface area contributed by atoms with Crippen LogP contribution in [0.4, 0.5) is 0 Å². The molecule has 0 amide bonds. The lowest BCUT2D eigenvalue weighted by Crippen LogP contribution is -2.31. The van der Waals surface area contributed by atoms with Crippen LogP contribution in [0, 0.1) is 13.8 Å². The van der Waals surface area contributed by atoms with Gasteiger partial charge in [0.2, 0.25) is 0 Å².